The van der Waals surface area contributed by atoms with E-state index in [2.05, 4.69) is 44.6 Å². The minimum absolute atomic E-state index is 0. The fourth-order valence-electron chi connectivity index (χ4n) is 9.31. The molecule has 3 aromatic rings. The van der Waals surface area contributed by atoms with Gasteiger partial charge in [-0.25, -0.2) is 4.79 Å². The molecule has 15 nitrogen and oxygen atoms in total. The van der Waals surface area contributed by atoms with Crippen LogP contribution in [0.5, 0.6) is 0 Å². The fraction of sp³-hybridized carbons (Fsp3) is 0.371. The molecule has 0 spiro atoms. The Bertz CT molecular complexity index is 2470. The summed E-state index contributed by atoms with van der Waals surface area (Å²) in [6, 6.07) is 28.9. The molecule has 0 heterocycles. The fourth-order valence-corrected chi connectivity index (χ4v) is 9.31. The van der Waals surface area contributed by atoms with Crippen molar-refractivity contribution in [3.05, 3.63) is 187 Å². The van der Waals surface area contributed by atoms with E-state index in [0.717, 1.165) is 23.1 Å². The van der Waals surface area contributed by atoms with Crippen LogP contribution in [-0.4, -0.2) is 98.3 Å². The van der Waals surface area contributed by atoms with E-state index in [1.54, 1.807) is 36.5 Å². The van der Waals surface area contributed by atoms with Crippen molar-refractivity contribution in [1.82, 2.24) is 0 Å². The summed E-state index contributed by atoms with van der Waals surface area (Å²) in [6.07, 6.45) is 25.1. The molecule has 5 rings (SSSR count). The van der Waals surface area contributed by atoms with Crippen LogP contribution in [0, 0.1) is 34.5 Å². The number of hydrogen-bond donors (Lipinski definition) is 0. The summed E-state index contributed by atoms with van der Waals surface area (Å²) in [5.41, 5.74) is 0.0752. The number of carbonyl (C=O) groups excluding carboxylic acids is 7. The van der Waals surface area contributed by atoms with Crippen molar-refractivity contribution < 1.29 is 102 Å². The molecule has 2 aliphatic rings. The summed E-state index contributed by atoms with van der Waals surface area (Å²) in [4.78, 5) is 83.8. The first-order valence-electron chi connectivity index (χ1n) is 25.0. The number of fused-ring (bicyclic) bond motifs is 1. The summed E-state index contributed by atoms with van der Waals surface area (Å²) < 4.78 is 38.1. The quantitative estimate of drug-likeness (QED) is 0.0278. The van der Waals surface area contributed by atoms with E-state index in [9.17, 15) is 33.6 Å². The number of benzene rings is 3. The third-order valence-electron chi connectivity index (χ3n) is 12.9. The third-order valence-corrected chi connectivity index (χ3v) is 12.9. The van der Waals surface area contributed by atoms with E-state index in [-0.39, 0.29) is 68.2 Å². The van der Waals surface area contributed by atoms with Crippen molar-refractivity contribution in [3.8, 4) is 0 Å². The number of hydrogen-bond acceptors (Lipinski definition) is 15. The number of carbonyl (C=O) groups is 7. The van der Waals surface area contributed by atoms with E-state index in [1.165, 1.54) is 49.8 Å². The van der Waals surface area contributed by atoms with Gasteiger partial charge in [0.2, 0.25) is 0 Å². The van der Waals surface area contributed by atoms with Crippen LogP contribution in [0.25, 0.3) is 6.08 Å². The molecule has 5 atom stereocenters. The average molecular weight is 1090 g/mol. The van der Waals surface area contributed by atoms with Crippen molar-refractivity contribution in [2.75, 3.05) is 56.4 Å². The van der Waals surface area contributed by atoms with Crippen LogP contribution in [0.15, 0.2) is 170 Å². The van der Waals surface area contributed by atoms with Crippen LogP contribution < -0.4 is 29.6 Å². The molecule has 1 saturated carbocycles. The molecule has 0 radical (unpaired) electrons. The maximum absolute atomic E-state index is 12.8. The van der Waals surface area contributed by atoms with Crippen LogP contribution in [0.3, 0.4) is 0 Å². The second-order valence-electron chi connectivity index (χ2n) is 17.6. The predicted octanol–water partition coefficient (Wildman–Crippen LogP) is 8.22. The molecule has 1 fully saturated rings. The van der Waals surface area contributed by atoms with Crippen LogP contribution in [-0.2, 0) is 66.7 Å². The Hall–Kier alpha value is -7.07. The van der Waals surface area contributed by atoms with Gasteiger partial charge < -0.3 is 39.3 Å². The molecule has 0 aromatic heterocycles. The molecule has 0 N–H and O–H groups in total. The molecule has 0 amide bonds. The average Bonchev–Trinajstić information content (AvgIpc) is 3.95. The summed E-state index contributed by atoms with van der Waals surface area (Å²) in [7, 11) is 8.98. The molecule has 78 heavy (non-hydrogen) atoms. The first-order chi connectivity index (χ1) is 37.1. The second-order valence-corrected chi connectivity index (χ2v) is 17.6. The molecular formula is C62H77NaO15. The van der Waals surface area contributed by atoms with Gasteiger partial charge in [-0.15, -0.1) is 6.58 Å². The van der Waals surface area contributed by atoms with E-state index >= 15 is 0 Å². The Labute approximate surface area is 484 Å². The normalized spacial score (nSPS) is 17.3. The molecule has 4 unspecified atom stereocenters. The minimum Gasteiger partial charge on any atom is -1.00 e. The molecule has 0 saturated heterocycles. The number of allylic oxidation sites excluding steroid dienone is 11. The standard InChI is InChI=1S/2C20H24O4.C11H16O4.C11H12O3.Na.H/c1-13-9-10-15-12-20(18(21)23-2,19(22)24-3)17(16(15)11-13)14-7-5-4-6-8-14;1-5-7-8-12-15-20(18(21)23-3,19(22)24-4)17(6-2)16-13-10-9-11-14-16;1-4-5-6-7-8-9(10(12)14-2)11(13)15-3;1-13-11(12)14-9-5-8-10-6-3-2-4-7-10;;/h4-10,13,15-17H,11-12H2,1-3H3;5-14,17H,2,15H2,1,3-4H3;4-7,9H,8H2,1-3H3;2-8H,9H2,1H3;;/q;;;;+1;-1/b;7-5+,12-8+;5-4+,7-6+;8-5+;;/t13?,15?,16?,17-;;;;;/m1...../s1. The maximum atomic E-state index is 12.8. The summed E-state index contributed by atoms with van der Waals surface area (Å²) in [5.74, 6) is -4.25. The first-order valence-corrected chi connectivity index (χ1v) is 25.0. The zero-order valence-corrected chi connectivity index (χ0v) is 49.0. The second kappa shape index (κ2) is 37.7. The third kappa shape index (κ3) is 19.7. The smallest absolute Gasteiger partial charge is 1.00 e. The number of esters is 6. The minimum atomic E-state index is -1.52. The van der Waals surface area contributed by atoms with Crippen molar-refractivity contribution in [1.29, 1.82) is 0 Å². The number of methoxy groups -OCH3 is 7. The first kappa shape index (κ1) is 68.9. The van der Waals surface area contributed by atoms with Crippen molar-refractivity contribution in [2.24, 2.45) is 34.5 Å². The van der Waals surface area contributed by atoms with Crippen LogP contribution in [0.2, 0.25) is 0 Å². The molecule has 3 aromatic carbocycles. The van der Waals surface area contributed by atoms with Crippen molar-refractivity contribution >= 4 is 48.0 Å². The van der Waals surface area contributed by atoms with E-state index in [1.807, 2.05) is 135 Å². The molecule has 2 aliphatic carbocycles. The number of ether oxygens (including phenoxy) is 8. The Morgan fingerprint density at radius 3 is 1.64 bits per heavy atom. The van der Waals surface area contributed by atoms with Gasteiger partial charge in [0.05, 0.1) is 49.8 Å². The van der Waals surface area contributed by atoms with Gasteiger partial charge >= 0.3 is 71.5 Å². The topological polar surface area (TPSA) is 193 Å². The zero-order chi connectivity index (χ0) is 57.2. The van der Waals surface area contributed by atoms with Gasteiger partial charge in [-0.3, -0.25) is 28.8 Å². The number of rotatable bonds is 19. The van der Waals surface area contributed by atoms with Crippen molar-refractivity contribution in [3.63, 3.8) is 0 Å². The van der Waals surface area contributed by atoms with E-state index in [0.29, 0.717) is 12.3 Å². The summed E-state index contributed by atoms with van der Waals surface area (Å²) >= 11 is 0. The van der Waals surface area contributed by atoms with Gasteiger partial charge in [-0.05, 0) is 80.1 Å². The molecule has 16 heteroatoms. The summed E-state index contributed by atoms with van der Waals surface area (Å²) in [5, 5.41) is 0. The van der Waals surface area contributed by atoms with Gasteiger partial charge in [0, 0.05) is 11.8 Å². The van der Waals surface area contributed by atoms with Gasteiger partial charge in [0.1, 0.15) is 6.61 Å². The van der Waals surface area contributed by atoms with Gasteiger partial charge in [0.25, 0.3) is 0 Å². The Morgan fingerprint density at radius 1 is 0.654 bits per heavy atom. The molecule has 416 valence electrons. The maximum Gasteiger partial charge on any atom is 1.00 e. The van der Waals surface area contributed by atoms with Crippen LogP contribution in [0.4, 0.5) is 4.79 Å². The Morgan fingerprint density at radius 2 is 1.17 bits per heavy atom. The Kier molecular flexibility index (Phi) is 33.3. The Balaban J connectivity index is 0.00000105. The van der Waals surface area contributed by atoms with Crippen LogP contribution >= 0.6 is 0 Å². The van der Waals surface area contributed by atoms with E-state index < -0.39 is 64.6 Å². The van der Waals surface area contributed by atoms with E-state index in [4.69, 9.17) is 18.9 Å². The SMILES string of the molecule is C/C=C/C=C/CC(C(=O)OC)C(=O)OC.C=CC(c1ccccc1)C(C/C=C/C=C/C)(C(=O)OC)C(=O)OC.COC(=O)C1(C(=O)OC)CC2C=CC(C)CC2[C@H]1c1ccccc1.COC(=O)OC/C=C/c1ccccc1.[H-].[Na+]. The largest absolute Gasteiger partial charge is 1.00 e. The van der Waals surface area contributed by atoms with Crippen LogP contribution in [0.1, 0.15) is 76.4 Å². The van der Waals surface area contributed by atoms with Crippen molar-refractivity contribution in [2.45, 2.75) is 58.3 Å². The van der Waals surface area contributed by atoms with Gasteiger partial charge in [-0.2, -0.15) is 0 Å². The molecule has 0 bridgehead atoms. The predicted molar refractivity (Wildman–Crippen MR) is 296 cm³/mol. The molecule has 0 aliphatic heterocycles. The van der Waals surface area contributed by atoms with Gasteiger partial charge in [0.15, 0.2) is 16.7 Å². The van der Waals surface area contributed by atoms with Gasteiger partial charge in [-0.1, -0.05) is 171 Å². The monoisotopic (exact) mass is 1080 g/mol. The molecular weight excluding hydrogens is 1010 g/mol. The zero-order valence-electron chi connectivity index (χ0n) is 48.0. The summed E-state index contributed by atoms with van der Waals surface area (Å²) in [6.45, 7) is 9.98.